The van der Waals surface area contributed by atoms with Gasteiger partial charge in [0.25, 0.3) is 0 Å². The first kappa shape index (κ1) is 15.7. The summed E-state index contributed by atoms with van der Waals surface area (Å²) in [7, 11) is 0. The molecule has 0 spiro atoms. The third-order valence-electron chi connectivity index (χ3n) is 5.09. The topological polar surface area (TPSA) is 36.1 Å². The number of carbonyl (C=O) groups is 1. The maximum atomic E-state index is 12.4. The van der Waals surface area contributed by atoms with Crippen LogP contribution in [0.4, 0.5) is 0 Å². The second kappa shape index (κ2) is 6.98. The lowest BCUT2D eigenvalue weighted by Crippen LogP contribution is -2.36. The fraction of sp³-hybridized carbons (Fsp3) is 0.227. The van der Waals surface area contributed by atoms with E-state index in [4.69, 9.17) is 0 Å². The van der Waals surface area contributed by atoms with E-state index >= 15 is 0 Å². The van der Waals surface area contributed by atoms with Crippen LogP contribution in [-0.2, 0) is 4.79 Å². The summed E-state index contributed by atoms with van der Waals surface area (Å²) in [6, 6.07) is 18.4. The Hall–Kier alpha value is -2.81. The van der Waals surface area contributed by atoms with E-state index in [1.54, 1.807) is 6.08 Å². The minimum Gasteiger partial charge on any atom is -0.361 e. The number of amides is 1. The van der Waals surface area contributed by atoms with E-state index in [9.17, 15) is 4.79 Å². The minimum absolute atomic E-state index is 0.112. The van der Waals surface area contributed by atoms with Gasteiger partial charge in [-0.1, -0.05) is 48.5 Å². The van der Waals surface area contributed by atoms with Crippen molar-refractivity contribution in [2.45, 2.75) is 18.8 Å². The molecule has 0 unspecified atom stereocenters. The average Bonchev–Trinajstić information content (AvgIpc) is 3.11. The van der Waals surface area contributed by atoms with Gasteiger partial charge in [0.05, 0.1) is 0 Å². The third-order valence-corrected chi connectivity index (χ3v) is 5.09. The smallest absolute Gasteiger partial charge is 0.246 e. The Morgan fingerprint density at radius 2 is 1.72 bits per heavy atom. The normalized spacial score (nSPS) is 15.9. The van der Waals surface area contributed by atoms with Crippen LogP contribution in [-0.4, -0.2) is 28.9 Å². The number of nitrogens with one attached hydrogen (secondary N) is 1. The molecule has 2 heterocycles. The molecule has 1 amide bonds. The summed E-state index contributed by atoms with van der Waals surface area (Å²) in [5.41, 5.74) is 3.65. The van der Waals surface area contributed by atoms with Gasteiger partial charge in [-0.2, -0.15) is 0 Å². The van der Waals surface area contributed by atoms with Gasteiger partial charge < -0.3 is 9.88 Å². The predicted octanol–water partition coefficient (Wildman–Crippen LogP) is 4.59. The lowest BCUT2D eigenvalue weighted by atomic mass is 9.89. The van der Waals surface area contributed by atoms with Crippen LogP contribution in [0.3, 0.4) is 0 Å². The molecule has 1 N–H and O–H groups in total. The molecule has 1 saturated heterocycles. The number of para-hydroxylation sites is 1. The van der Waals surface area contributed by atoms with Crippen molar-refractivity contribution in [3.05, 3.63) is 78.0 Å². The van der Waals surface area contributed by atoms with E-state index in [1.807, 2.05) is 41.3 Å². The van der Waals surface area contributed by atoms with Crippen molar-refractivity contribution < 1.29 is 4.79 Å². The standard InChI is InChI=1S/C22H22N2O/c25-22(11-10-17-6-2-1-3-7-17)24-14-12-18(13-15-24)20-16-23-21-9-5-4-8-19(20)21/h1-11,16,18,23H,12-15H2/b11-10+. The summed E-state index contributed by atoms with van der Waals surface area (Å²) >= 11 is 0. The Balaban J connectivity index is 1.39. The van der Waals surface area contributed by atoms with Crippen molar-refractivity contribution in [1.82, 2.24) is 9.88 Å². The number of nitrogens with zero attached hydrogens (tertiary/aromatic N) is 1. The molecule has 25 heavy (non-hydrogen) atoms. The lowest BCUT2D eigenvalue weighted by Gasteiger charge is -2.31. The maximum Gasteiger partial charge on any atom is 0.246 e. The zero-order valence-corrected chi connectivity index (χ0v) is 14.2. The predicted molar refractivity (Wildman–Crippen MR) is 102 cm³/mol. The number of aromatic nitrogens is 1. The van der Waals surface area contributed by atoms with Crippen molar-refractivity contribution in [3.8, 4) is 0 Å². The summed E-state index contributed by atoms with van der Waals surface area (Å²) in [6.45, 7) is 1.64. The Kier molecular flexibility index (Phi) is 4.38. The number of likely N-dealkylation sites (tertiary alicyclic amines) is 1. The van der Waals surface area contributed by atoms with E-state index < -0.39 is 0 Å². The molecule has 0 aliphatic carbocycles. The number of aromatic amines is 1. The zero-order chi connectivity index (χ0) is 17.1. The van der Waals surface area contributed by atoms with Crippen LogP contribution >= 0.6 is 0 Å². The molecule has 2 aromatic carbocycles. The van der Waals surface area contributed by atoms with E-state index in [2.05, 4.69) is 35.4 Å². The van der Waals surface area contributed by atoms with Gasteiger partial charge in [0.15, 0.2) is 0 Å². The number of hydrogen-bond acceptors (Lipinski definition) is 1. The fourth-order valence-corrected chi connectivity index (χ4v) is 3.68. The molecule has 0 atom stereocenters. The SMILES string of the molecule is O=C(/C=C/c1ccccc1)N1CCC(c2c[nH]c3ccccc23)CC1. The van der Waals surface area contributed by atoms with E-state index in [0.717, 1.165) is 31.5 Å². The summed E-state index contributed by atoms with van der Waals surface area (Å²) < 4.78 is 0. The molecule has 3 aromatic rings. The molecule has 0 bridgehead atoms. The number of H-pyrrole nitrogens is 1. The third kappa shape index (κ3) is 3.36. The van der Waals surface area contributed by atoms with Crippen LogP contribution in [0.5, 0.6) is 0 Å². The highest BCUT2D eigenvalue weighted by Crippen LogP contribution is 2.33. The molecular formula is C22H22N2O. The second-order valence-electron chi connectivity index (χ2n) is 6.63. The van der Waals surface area contributed by atoms with Gasteiger partial charge >= 0.3 is 0 Å². The average molecular weight is 330 g/mol. The van der Waals surface area contributed by atoms with Gasteiger partial charge in [0, 0.05) is 36.3 Å². The maximum absolute atomic E-state index is 12.4. The largest absolute Gasteiger partial charge is 0.361 e. The summed E-state index contributed by atoms with van der Waals surface area (Å²) in [4.78, 5) is 17.7. The van der Waals surface area contributed by atoms with Crippen LogP contribution in [0.1, 0.15) is 29.9 Å². The quantitative estimate of drug-likeness (QED) is 0.701. The molecule has 0 radical (unpaired) electrons. The Bertz CT molecular complexity index is 887. The first-order chi connectivity index (χ1) is 12.3. The molecule has 0 saturated carbocycles. The number of piperidine rings is 1. The first-order valence-electron chi connectivity index (χ1n) is 8.89. The Morgan fingerprint density at radius 1 is 1.00 bits per heavy atom. The van der Waals surface area contributed by atoms with Crippen molar-refractivity contribution in [2.24, 2.45) is 0 Å². The molecule has 1 aliphatic rings. The van der Waals surface area contributed by atoms with Crippen LogP contribution < -0.4 is 0 Å². The van der Waals surface area contributed by atoms with Gasteiger partial charge in [0.1, 0.15) is 0 Å². The van der Waals surface area contributed by atoms with Gasteiger partial charge in [0.2, 0.25) is 5.91 Å². The van der Waals surface area contributed by atoms with Gasteiger partial charge in [-0.3, -0.25) is 4.79 Å². The molecule has 126 valence electrons. The molecule has 4 rings (SSSR count). The van der Waals surface area contributed by atoms with Crippen LogP contribution in [0, 0.1) is 0 Å². The molecular weight excluding hydrogens is 308 g/mol. The van der Waals surface area contributed by atoms with Gasteiger partial charge in [-0.15, -0.1) is 0 Å². The molecule has 3 nitrogen and oxygen atoms in total. The van der Waals surface area contributed by atoms with Crippen molar-refractivity contribution in [1.29, 1.82) is 0 Å². The Labute approximate surface area is 148 Å². The number of benzene rings is 2. The fourth-order valence-electron chi connectivity index (χ4n) is 3.68. The number of fused-ring (bicyclic) bond motifs is 1. The van der Waals surface area contributed by atoms with Crippen molar-refractivity contribution in [3.63, 3.8) is 0 Å². The highest BCUT2D eigenvalue weighted by Gasteiger charge is 2.24. The molecule has 1 aromatic heterocycles. The van der Waals surface area contributed by atoms with Gasteiger partial charge in [-0.25, -0.2) is 0 Å². The minimum atomic E-state index is 0.112. The summed E-state index contributed by atoms with van der Waals surface area (Å²) in [6.07, 6.45) is 7.77. The van der Waals surface area contributed by atoms with Crippen LogP contribution in [0.25, 0.3) is 17.0 Å². The van der Waals surface area contributed by atoms with E-state index in [1.165, 1.54) is 16.5 Å². The Morgan fingerprint density at radius 3 is 2.52 bits per heavy atom. The summed E-state index contributed by atoms with van der Waals surface area (Å²) in [5, 5.41) is 1.32. The van der Waals surface area contributed by atoms with E-state index in [0.29, 0.717) is 5.92 Å². The van der Waals surface area contributed by atoms with Crippen molar-refractivity contribution in [2.75, 3.05) is 13.1 Å². The first-order valence-corrected chi connectivity index (χ1v) is 8.89. The van der Waals surface area contributed by atoms with Crippen LogP contribution in [0.2, 0.25) is 0 Å². The molecule has 3 heteroatoms. The number of carbonyl (C=O) groups excluding carboxylic acids is 1. The van der Waals surface area contributed by atoms with E-state index in [-0.39, 0.29) is 5.91 Å². The number of hydrogen-bond donors (Lipinski definition) is 1. The zero-order valence-electron chi connectivity index (χ0n) is 14.2. The monoisotopic (exact) mass is 330 g/mol. The van der Waals surface area contributed by atoms with Crippen LogP contribution in [0.15, 0.2) is 66.9 Å². The number of rotatable bonds is 3. The lowest BCUT2D eigenvalue weighted by molar-refractivity contribution is -0.126. The summed E-state index contributed by atoms with van der Waals surface area (Å²) in [5.74, 6) is 0.638. The second-order valence-corrected chi connectivity index (χ2v) is 6.63. The highest BCUT2D eigenvalue weighted by molar-refractivity contribution is 5.92. The highest BCUT2D eigenvalue weighted by atomic mass is 16.2. The van der Waals surface area contributed by atoms with Crippen molar-refractivity contribution >= 4 is 22.9 Å². The van der Waals surface area contributed by atoms with Gasteiger partial charge in [-0.05, 0) is 42.0 Å². The molecule has 1 aliphatic heterocycles. The molecule has 1 fully saturated rings.